The average molecular weight is 281 g/mol. The normalized spacial score (nSPS) is 23.6. The first kappa shape index (κ1) is 13.7. The molecule has 0 unspecified atom stereocenters. The van der Waals surface area contributed by atoms with Gasteiger partial charge in [-0.2, -0.15) is 13.2 Å². The summed E-state index contributed by atoms with van der Waals surface area (Å²) in [7, 11) is 0. The van der Waals surface area contributed by atoms with E-state index < -0.39 is 30.8 Å². The lowest BCUT2D eigenvalue weighted by Crippen LogP contribution is -2.35. The highest BCUT2D eigenvalue weighted by molar-refractivity contribution is 5.93. The van der Waals surface area contributed by atoms with E-state index in [1.165, 1.54) is 0 Å². The third kappa shape index (κ3) is 3.88. The number of aromatic nitrogens is 3. The van der Waals surface area contributed by atoms with Crippen molar-refractivity contribution in [3.8, 4) is 0 Å². The highest BCUT2D eigenvalue weighted by Crippen LogP contribution is 2.17. The summed E-state index contributed by atoms with van der Waals surface area (Å²) < 4.78 is 49.6. The van der Waals surface area contributed by atoms with Crippen LogP contribution in [-0.2, 0) is 11.3 Å². The molecule has 0 bridgehead atoms. The predicted molar refractivity (Wildman–Crippen MR) is 56.0 cm³/mol. The molecule has 2 heterocycles. The SMILES string of the molecule is O=C(Nc1ncn(CC(F)(F)F)n1)[C@@H]1C[C@@H](F)CN1. The van der Waals surface area contributed by atoms with Gasteiger partial charge in [0.15, 0.2) is 0 Å². The molecule has 0 saturated carbocycles. The van der Waals surface area contributed by atoms with Crippen LogP contribution in [0.5, 0.6) is 0 Å². The van der Waals surface area contributed by atoms with E-state index in [-0.39, 0.29) is 18.9 Å². The molecule has 1 amide bonds. The molecule has 2 rings (SSSR count). The first-order valence-corrected chi connectivity index (χ1v) is 5.48. The molecule has 0 aliphatic carbocycles. The van der Waals surface area contributed by atoms with Gasteiger partial charge in [-0.05, 0) is 0 Å². The Labute approximate surface area is 105 Å². The maximum Gasteiger partial charge on any atom is 0.408 e. The van der Waals surface area contributed by atoms with Gasteiger partial charge >= 0.3 is 6.18 Å². The summed E-state index contributed by atoms with van der Waals surface area (Å²) in [5.41, 5.74) is 0. The second kappa shape index (κ2) is 5.11. The van der Waals surface area contributed by atoms with Crippen LogP contribution in [0.2, 0.25) is 0 Å². The molecule has 1 aromatic rings. The van der Waals surface area contributed by atoms with E-state index in [2.05, 4.69) is 20.7 Å². The standard InChI is InChI=1S/C9H11F4N5O/c10-5-1-6(14-2-5)7(19)16-8-15-4-18(17-8)3-9(11,12)13/h4-6,14H,1-3H2,(H,16,17,19)/t5-,6+/m1/s1. The Morgan fingerprint density at radius 2 is 2.32 bits per heavy atom. The van der Waals surface area contributed by atoms with Crippen LogP contribution in [0.1, 0.15) is 6.42 Å². The van der Waals surface area contributed by atoms with Gasteiger partial charge in [0.2, 0.25) is 11.9 Å². The van der Waals surface area contributed by atoms with Crippen LogP contribution < -0.4 is 10.6 Å². The first-order valence-electron chi connectivity index (χ1n) is 5.48. The number of carbonyl (C=O) groups is 1. The minimum atomic E-state index is -4.41. The minimum absolute atomic E-state index is 0.0229. The smallest absolute Gasteiger partial charge is 0.303 e. The van der Waals surface area contributed by atoms with Gasteiger partial charge in [-0.1, -0.05) is 0 Å². The van der Waals surface area contributed by atoms with E-state index in [1.54, 1.807) is 0 Å². The molecule has 1 fully saturated rings. The second-order valence-corrected chi connectivity index (χ2v) is 4.16. The zero-order valence-corrected chi connectivity index (χ0v) is 9.62. The second-order valence-electron chi connectivity index (χ2n) is 4.16. The molecular weight excluding hydrogens is 270 g/mol. The number of hydrogen-bond acceptors (Lipinski definition) is 4. The Balaban J connectivity index is 1.91. The fourth-order valence-corrected chi connectivity index (χ4v) is 1.70. The van der Waals surface area contributed by atoms with Gasteiger partial charge in [-0.15, -0.1) is 5.10 Å². The largest absolute Gasteiger partial charge is 0.408 e. The van der Waals surface area contributed by atoms with Crippen molar-refractivity contribution < 1.29 is 22.4 Å². The molecule has 0 aromatic carbocycles. The van der Waals surface area contributed by atoms with Crippen molar-refractivity contribution in [3.63, 3.8) is 0 Å². The Morgan fingerprint density at radius 1 is 1.58 bits per heavy atom. The number of hydrogen-bond donors (Lipinski definition) is 2. The van der Waals surface area contributed by atoms with Crippen molar-refractivity contribution >= 4 is 11.9 Å². The monoisotopic (exact) mass is 281 g/mol. The molecule has 1 aromatic heterocycles. The van der Waals surface area contributed by atoms with Crippen molar-refractivity contribution in [2.24, 2.45) is 0 Å². The molecule has 0 radical (unpaired) electrons. The van der Waals surface area contributed by atoms with E-state index in [0.717, 1.165) is 6.33 Å². The van der Waals surface area contributed by atoms with Crippen molar-refractivity contribution in [1.82, 2.24) is 20.1 Å². The van der Waals surface area contributed by atoms with Crippen LogP contribution >= 0.6 is 0 Å². The first-order chi connectivity index (χ1) is 8.83. The topological polar surface area (TPSA) is 71.8 Å². The molecular formula is C9H11F4N5O. The molecule has 1 aliphatic heterocycles. The van der Waals surface area contributed by atoms with Crippen LogP contribution in [0, 0.1) is 0 Å². The van der Waals surface area contributed by atoms with Crippen LogP contribution in [0.15, 0.2) is 6.33 Å². The molecule has 0 spiro atoms. The molecule has 1 aliphatic rings. The predicted octanol–water partition coefficient (Wildman–Crippen LogP) is 0.479. The lowest BCUT2D eigenvalue weighted by Gasteiger charge is -2.08. The number of nitrogens with zero attached hydrogens (tertiary/aromatic N) is 3. The highest BCUT2D eigenvalue weighted by atomic mass is 19.4. The van der Waals surface area contributed by atoms with Gasteiger partial charge in [0, 0.05) is 13.0 Å². The van der Waals surface area contributed by atoms with Crippen molar-refractivity contribution in [3.05, 3.63) is 6.33 Å². The average Bonchev–Trinajstić information content (AvgIpc) is 2.85. The zero-order chi connectivity index (χ0) is 14.0. The maximum absolute atomic E-state index is 12.9. The summed E-state index contributed by atoms with van der Waals surface area (Å²) in [6.45, 7) is -1.21. The van der Waals surface area contributed by atoms with Gasteiger partial charge < -0.3 is 5.32 Å². The van der Waals surface area contributed by atoms with E-state index in [1.807, 2.05) is 0 Å². The van der Waals surface area contributed by atoms with E-state index >= 15 is 0 Å². The van der Waals surface area contributed by atoms with Crippen LogP contribution in [-0.4, -0.2) is 45.6 Å². The number of anilines is 1. The fourth-order valence-electron chi connectivity index (χ4n) is 1.70. The summed E-state index contributed by atoms with van der Waals surface area (Å²) >= 11 is 0. The van der Waals surface area contributed by atoms with Crippen LogP contribution in [0.25, 0.3) is 0 Å². The van der Waals surface area contributed by atoms with Gasteiger partial charge in [-0.25, -0.2) is 14.1 Å². The Bertz CT molecular complexity index is 460. The number of carbonyl (C=O) groups excluding carboxylic acids is 1. The quantitative estimate of drug-likeness (QED) is 0.790. The molecule has 6 nitrogen and oxygen atoms in total. The Hall–Kier alpha value is -1.71. The summed E-state index contributed by atoms with van der Waals surface area (Å²) in [4.78, 5) is 15.1. The lowest BCUT2D eigenvalue weighted by atomic mass is 10.2. The van der Waals surface area contributed by atoms with Gasteiger partial charge in [0.05, 0.1) is 6.04 Å². The van der Waals surface area contributed by atoms with Crippen LogP contribution in [0.4, 0.5) is 23.5 Å². The molecule has 2 N–H and O–H groups in total. The van der Waals surface area contributed by atoms with Gasteiger partial charge in [0.1, 0.15) is 19.0 Å². The Morgan fingerprint density at radius 3 is 2.89 bits per heavy atom. The maximum atomic E-state index is 12.9. The lowest BCUT2D eigenvalue weighted by molar-refractivity contribution is -0.142. The third-order valence-electron chi connectivity index (χ3n) is 2.51. The van der Waals surface area contributed by atoms with E-state index in [9.17, 15) is 22.4 Å². The summed E-state index contributed by atoms with van der Waals surface area (Å²) in [6.07, 6.45) is -4.63. The molecule has 106 valence electrons. The van der Waals surface area contributed by atoms with Crippen molar-refractivity contribution in [2.45, 2.75) is 31.4 Å². The number of halogens is 4. The van der Waals surface area contributed by atoms with Gasteiger partial charge in [-0.3, -0.25) is 10.1 Å². The summed E-state index contributed by atoms with van der Waals surface area (Å²) in [5, 5.41) is 8.33. The van der Waals surface area contributed by atoms with Crippen molar-refractivity contribution in [2.75, 3.05) is 11.9 Å². The fraction of sp³-hybridized carbons (Fsp3) is 0.667. The van der Waals surface area contributed by atoms with Crippen molar-refractivity contribution in [1.29, 1.82) is 0 Å². The Kier molecular flexibility index (Phi) is 3.69. The molecule has 2 atom stereocenters. The van der Waals surface area contributed by atoms with E-state index in [4.69, 9.17) is 0 Å². The minimum Gasteiger partial charge on any atom is -0.303 e. The number of alkyl halides is 4. The van der Waals surface area contributed by atoms with E-state index in [0.29, 0.717) is 4.68 Å². The van der Waals surface area contributed by atoms with Gasteiger partial charge in [0.25, 0.3) is 0 Å². The third-order valence-corrected chi connectivity index (χ3v) is 2.51. The molecule has 1 saturated heterocycles. The highest BCUT2D eigenvalue weighted by Gasteiger charge is 2.31. The zero-order valence-electron chi connectivity index (χ0n) is 9.62. The number of rotatable bonds is 3. The molecule has 19 heavy (non-hydrogen) atoms. The number of amides is 1. The molecule has 10 heteroatoms. The number of nitrogens with one attached hydrogen (secondary N) is 2. The van der Waals surface area contributed by atoms with Crippen LogP contribution in [0.3, 0.4) is 0 Å². The summed E-state index contributed by atoms with van der Waals surface area (Å²) in [6, 6.07) is -0.718. The summed E-state index contributed by atoms with van der Waals surface area (Å²) in [5.74, 6) is -0.803.